The van der Waals surface area contributed by atoms with Crippen molar-refractivity contribution in [1.29, 1.82) is 0 Å². The standard InChI is InChI=1S/C17H30N6O.HI/c1-11(2)16-22-21-15-8-7-13(10-23(15)16)20-17(18-3)19-9-12-5-4-6-14(12)24;/h11-14,24H,4-10H2,1-3H3,(H2,18,19,20);1H. The van der Waals surface area contributed by atoms with Crippen molar-refractivity contribution in [2.75, 3.05) is 13.6 Å². The molecule has 25 heavy (non-hydrogen) atoms. The van der Waals surface area contributed by atoms with Crippen LogP contribution in [0.15, 0.2) is 4.99 Å². The molecule has 0 saturated heterocycles. The normalized spacial score (nSPS) is 26.3. The molecule has 7 nitrogen and oxygen atoms in total. The second-order valence-corrected chi connectivity index (χ2v) is 7.33. The van der Waals surface area contributed by atoms with E-state index in [1.165, 1.54) is 0 Å². The molecule has 0 bridgehead atoms. The molecule has 2 heterocycles. The van der Waals surface area contributed by atoms with E-state index in [1.807, 2.05) is 0 Å². The van der Waals surface area contributed by atoms with E-state index in [4.69, 9.17) is 0 Å². The first kappa shape index (κ1) is 20.4. The van der Waals surface area contributed by atoms with Gasteiger partial charge in [0, 0.05) is 44.4 Å². The number of hydrogen-bond donors (Lipinski definition) is 3. The number of guanidine groups is 1. The van der Waals surface area contributed by atoms with Crippen LogP contribution in [0.25, 0.3) is 0 Å². The Balaban J connectivity index is 0.00000225. The molecule has 3 unspecified atom stereocenters. The van der Waals surface area contributed by atoms with Crippen molar-refractivity contribution in [1.82, 2.24) is 25.4 Å². The van der Waals surface area contributed by atoms with Gasteiger partial charge in [-0.15, -0.1) is 34.2 Å². The number of nitrogens with zero attached hydrogens (tertiary/aromatic N) is 4. The van der Waals surface area contributed by atoms with Gasteiger partial charge in [-0.3, -0.25) is 4.99 Å². The van der Waals surface area contributed by atoms with Gasteiger partial charge in [0.2, 0.25) is 0 Å². The van der Waals surface area contributed by atoms with Crippen LogP contribution in [0.1, 0.15) is 57.1 Å². The van der Waals surface area contributed by atoms with Crippen LogP contribution in [0.4, 0.5) is 0 Å². The van der Waals surface area contributed by atoms with Crippen LogP contribution in [0, 0.1) is 5.92 Å². The Kier molecular flexibility index (Phi) is 7.48. The van der Waals surface area contributed by atoms with Crippen molar-refractivity contribution in [2.45, 2.75) is 70.6 Å². The number of fused-ring (bicyclic) bond motifs is 1. The Morgan fingerprint density at radius 1 is 1.32 bits per heavy atom. The third-order valence-corrected chi connectivity index (χ3v) is 5.21. The summed E-state index contributed by atoms with van der Waals surface area (Å²) in [6.45, 7) is 5.97. The monoisotopic (exact) mass is 462 g/mol. The van der Waals surface area contributed by atoms with Gasteiger partial charge in [-0.2, -0.15) is 0 Å². The maximum Gasteiger partial charge on any atom is 0.191 e. The predicted molar refractivity (Wildman–Crippen MR) is 109 cm³/mol. The minimum Gasteiger partial charge on any atom is -0.393 e. The smallest absolute Gasteiger partial charge is 0.191 e. The number of hydrogen-bond acceptors (Lipinski definition) is 4. The summed E-state index contributed by atoms with van der Waals surface area (Å²) < 4.78 is 2.25. The topological polar surface area (TPSA) is 87.4 Å². The highest BCUT2D eigenvalue weighted by atomic mass is 127. The molecule has 1 fully saturated rings. The minimum atomic E-state index is -0.168. The second kappa shape index (κ2) is 9.16. The maximum atomic E-state index is 9.95. The summed E-state index contributed by atoms with van der Waals surface area (Å²) in [5.41, 5.74) is 0. The Bertz CT molecular complexity index is 588. The number of aliphatic hydroxyl groups excluding tert-OH is 1. The van der Waals surface area contributed by atoms with Gasteiger partial charge in [-0.05, 0) is 19.3 Å². The minimum absolute atomic E-state index is 0. The molecule has 3 rings (SSSR count). The van der Waals surface area contributed by atoms with E-state index in [9.17, 15) is 5.11 Å². The molecule has 1 aromatic heterocycles. The van der Waals surface area contributed by atoms with Gasteiger partial charge in [0.1, 0.15) is 11.6 Å². The van der Waals surface area contributed by atoms with Gasteiger partial charge in [-0.1, -0.05) is 20.3 Å². The Hall–Kier alpha value is -0.900. The van der Waals surface area contributed by atoms with E-state index in [1.54, 1.807) is 7.05 Å². The fraction of sp³-hybridized carbons (Fsp3) is 0.824. The molecule has 0 aromatic carbocycles. The summed E-state index contributed by atoms with van der Waals surface area (Å²) in [5, 5.41) is 25.5. The van der Waals surface area contributed by atoms with E-state index in [0.717, 1.165) is 62.8 Å². The number of rotatable bonds is 4. The maximum absolute atomic E-state index is 9.95. The summed E-state index contributed by atoms with van der Waals surface area (Å²) in [4.78, 5) is 4.34. The third-order valence-electron chi connectivity index (χ3n) is 5.21. The highest BCUT2D eigenvalue weighted by molar-refractivity contribution is 14.0. The average molecular weight is 462 g/mol. The first-order valence-corrected chi connectivity index (χ1v) is 9.15. The molecule has 8 heteroatoms. The summed E-state index contributed by atoms with van der Waals surface area (Å²) in [6, 6.07) is 0.325. The number of aliphatic hydroxyl groups is 1. The summed E-state index contributed by atoms with van der Waals surface area (Å²) in [6.07, 6.45) is 4.94. The van der Waals surface area contributed by atoms with E-state index in [2.05, 4.69) is 44.2 Å². The zero-order valence-electron chi connectivity index (χ0n) is 15.4. The Morgan fingerprint density at radius 2 is 2.12 bits per heavy atom. The zero-order valence-corrected chi connectivity index (χ0v) is 17.7. The molecule has 0 radical (unpaired) electrons. The lowest BCUT2D eigenvalue weighted by Gasteiger charge is -2.28. The fourth-order valence-electron chi connectivity index (χ4n) is 3.76. The summed E-state index contributed by atoms with van der Waals surface area (Å²) in [7, 11) is 1.80. The molecule has 2 aliphatic rings. The number of halogens is 1. The SMILES string of the molecule is CN=C(NCC1CCCC1O)NC1CCc2nnc(C(C)C)n2C1.I. The van der Waals surface area contributed by atoms with Crippen molar-refractivity contribution in [3.8, 4) is 0 Å². The predicted octanol–water partition coefficient (Wildman–Crippen LogP) is 1.66. The van der Waals surface area contributed by atoms with Crippen LogP contribution in [0.5, 0.6) is 0 Å². The van der Waals surface area contributed by atoms with Crippen LogP contribution in [-0.4, -0.2) is 51.6 Å². The molecule has 3 N–H and O–H groups in total. The summed E-state index contributed by atoms with van der Waals surface area (Å²) in [5.74, 6) is 3.70. The highest BCUT2D eigenvalue weighted by Gasteiger charge is 2.27. The molecule has 1 aliphatic heterocycles. The lowest BCUT2D eigenvalue weighted by Crippen LogP contribution is -2.48. The number of aryl methyl sites for hydroxylation is 1. The van der Waals surface area contributed by atoms with Gasteiger partial charge in [0.05, 0.1) is 6.10 Å². The molecule has 0 spiro atoms. The highest BCUT2D eigenvalue weighted by Crippen LogP contribution is 2.24. The van der Waals surface area contributed by atoms with Crippen LogP contribution >= 0.6 is 24.0 Å². The first-order chi connectivity index (χ1) is 11.6. The van der Waals surface area contributed by atoms with Gasteiger partial charge >= 0.3 is 0 Å². The number of aliphatic imine (C=N–C) groups is 1. The van der Waals surface area contributed by atoms with Crippen LogP contribution in [-0.2, 0) is 13.0 Å². The molecule has 3 atom stereocenters. The quantitative estimate of drug-likeness (QED) is 0.360. The molecule has 1 saturated carbocycles. The van der Waals surface area contributed by atoms with Crippen molar-refractivity contribution in [3.05, 3.63) is 11.6 Å². The fourth-order valence-corrected chi connectivity index (χ4v) is 3.76. The second-order valence-electron chi connectivity index (χ2n) is 7.33. The largest absolute Gasteiger partial charge is 0.393 e. The van der Waals surface area contributed by atoms with Crippen LogP contribution in [0.3, 0.4) is 0 Å². The van der Waals surface area contributed by atoms with Crippen molar-refractivity contribution in [2.24, 2.45) is 10.9 Å². The molecule has 0 amide bonds. The van der Waals surface area contributed by atoms with Gasteiger partial charge in [0.25, 0.3) is 0 Å². The van der Waals surface area contributed by atoms with Crippen LogP contribution < -0.4 is 10.6 Å². The van der Waals surface area contributed by atoms with Crippen LogP contribution in [0.2, 0.25) is 0 Å². The zero-order chi connectivity index (χ0) is 17.1. The third kappa shape index (κ3) is 4.84. The number of aromatic nitrogens is 3. The summed E-state index contributed by atoms with van der Waals surface area (Å²) >= 11 is 0. The lowest BCUT2D eigenvalue weighted by atomic mass is 10.1. The first-order valence-electron chi connectivity index (χ1n) is 9.15. The molecule has 142 valence electrons. The average Bonchev–Trinajstić information content (AvgIpc) is 3.17. The van der Waals surface area contributed by atoms with Gasteiger partial charge in [-0.25, -0.2) is 0 Å². The van der Waals surface area contributed by atoms with E-state index >= 15 is 0 Å². The Labute approximate surface area is 167 Å². The molecule has 1 aromatic rings. The number of nitrogens with one attached hydrogen (secondary N) is 2. The van der Waals surface area contributed by atoms with Crippen molar-refractivity contribution < 1.29 is 5.11 Å². The van der Waals surface area contributed by atoms with Gasteiger partial charge < -0.3 is 20.3 Å². The lowest BCUT2D eigenvalue weighted by molar-refractivity contribution is 0.134. The molecular weight excluding hydrogens is 431 g/mol. The molecule has 1 aliphatic carbocycles. The van der Waals surface area contributed by atoms with Crippen molar-refractivity contribution in [3.63, 3.8) is 0 Å². The Morgan fingerprint density at radius 3 is 2.76 bits per heavy atom. The van der Waals surface area contributed by atoms with E-state index < -0.39 is 0 Å². The molecular formula is C17H31IN6O. The van der Waals surface area contributed by atoms with Gasteiger partial charge in [0.15, 0.2) is 5.96 Å². The van der Waals surface area contributed by atoms with E-state index in [-0.39, 0.29) is 30.1 Å². The van der Waals surface area contributed by atoms with E-state index in [0.29, 0.717) is 17.9 Å². The van der Waals surface area contributed by atoms with Crippen molar-refractivity contribution >= 4 is 29.9 Å².